The van der Waals surface area contributed by atoms with Crippen LogP contribution in [-0.4, -0.2) is 96.7 Å². The van der Waals surface area contributed by atoms with E-state index in [2.05, 4.69) is 34.6 Å². The van der Waals surface area contributed by atoms with Crippen molar-refractivity contribution < 1.29 is 80.2 Å². The van der Waals surface area contributed by atoms with Crippen molar-refractivity contribution in [3.05, 3.63) is 0 Å². The number of hydrogen-bond donors (Lipinski definition) is 3. The molecule has 0 aliphatic heterocycles. The van der Waals surface area contributed by atoms with Crippen LogP contribution in [0.3, 0.4) is 0 Å². The average molecular weight is 1230 g/mol. The summed E-state index contributed by atoms with van der Waals surface area (Å²) in [7, 11) is -9.87. The van der Waals surface area contributed by atoms with Crippen LogP contribution in [0.4, 0.5) is 0 Å². The van der Waals surface area contributed by atoms with E-state index in [1.54, 1.807) is 0 Å². The SMILES string of the molecule is CCCCCCCCCCCCC(=O)OC[C@H](COP(=O)(O)OC[C@@H](O)COP(=O)(O)OC[C@@H](COC(=O)CCCCCCCCC)OC(=O)CCCCCCCCC)OC(=O)CCCCCCCCCCCCCCCCCCC(C)C. The molecule has 0 aliphatic rings. The Labute approximate surface area is 505 Å². The fourth-order valence-corrected chi connectivity index (χ4v) is 11.2. The Morgan fingerprint density at radius 3 is 0.819 bits per heavy atom. The number of unbranched alkanes of at least 4 members (excludes halogenated alkanes) is 36. The monoisotopic (exact) mass is 1230 g/mol. The van der Waals surface area contributed by atoms with E-state index in [9.17, 15) is 43.2 Å². The molecular weight excluding hydrogens is 1100 g/mol. The molecule has 0 aromatic rings. The number of rotatable bonds is 64. The molecule has 0 heterocycles. The van der Waals surface area contributed by atoms with Crippen molar-refractivity contribution >= 4 is 39.5 Å². The van der Waals surface area contributed by atoms with Crippen LogP contribution in [0.15, 0.2) is 0 Å². The van der Waals surface area contributed by atoms with Crippen molar-refractivity contribution in [3.63, 3.8) is 0 Å². The number of carbonyl (C=O) groups is 4. The molecule has 0 fully saturated rings. The number of phosphoric ester groups is 2. The number of ether oxygens (including phenoxy) is 4. The maximum absolute atomic E-state index is 13.0. The zero-order chi connectivity index (χ0) is 61.3. The highest BCUT2D eigenvalue weighted by atomic mass is 31.2. The standard InChI is InChI=1S/C64H124O17P2/c1-6-9-12-15-18-19-29-34-38-43-48-62(67)75-54-60(81-64(69)50-45-40-35-30-27-25-23-21-20-22-24-26-28-33-36-41-46-57(4)5)56-79-83(72,73)77-52-58(65)51-76-82(70,71)78-55-59(80-63(68)49-44-39-32-17-14-11-8-3)53-74-61(66)47-42-37-31-16-13-10-7-2/h57-60,65H,6-56H2,1-5H3,(H,70,71)(H,72,73)/t58-,59+,60+/m0/s1. The summed E-state index contributed by atoms with van der Waals surface area (Å²) in [4.78, 5) is 71.9. The molecule has 17 nitrogen and oxygen atoms in total. The van der Waals surface area contributed by atoms with E-state index in [-0.39, 0.29) is 25.7 Å². The summed E-state index contributed by atoms with van der Waals surface area (Å²) in [5.41, 5.74) is 0. The summed E-state index contributed by atoms with van der Waals surface area (Å²) in [6.45, 7) is 7.13. The summed E-state index contributed by atoms with van der Waals surface area (Å²) in [6.07, 6.45) is 42.0. The lowest BCUT2D eigenvalue weighted by Crippen LogP contribution is -2.30. The first kappa shape index (κ1) is 81.1. The first-order valence-electron chi connectivity index (χ1n) is 33.6. The molecule has 0 radical (unpaired) electrons. The van der Waals surface area contributed by atoms with Gasteiger partial charge in [-0.05, 0) is 31.6 Å². The van der Waals surface area contributed by atoms with Gasteiger partial charge in [0.2, 0.25) is 0 Å². The van der Waals surface area contributed by atoms with E-state index in [4.69, 9.17) is 37.0 Å². The van der Waals surface area contributed by atoms with Gasteiger partial charge < -0.3 is 33.8 Å². The summed E-state index contributed by atoms with van der Waals surface area (Å²) in [5.74, 6) is -1.33. The van der Waals surface area contributed by atoms with Crippen molar-refractivity contribution in [2.75, 3.05) is 39.6 Å². The van der Waals surface area contributed by atoms with E-state index in [0.29, 0.717) is 25.7 Å². The third-order valence-corrected chi connectivity index (χ3v) is 16.7. The minimum atomic E-state index is -4.94. The Bertz CT molecular complexity index is 1620. The van der Waals surface area contributed by atoms with E-state index in [1.165, 1.54) is 122 Å². The first-order chi connectivity index (χ1) is 40.0. The second-order valence-corrected chi connectivity index (χ2v) is 26.5. The number of phosphoric acid groups is 2. The number of hydrogen-bond acceptors (Lipinski definition) is 15. The van der Waals surface area contributed by atoms with Gasteiger partial charge in [0.15, 0.2) is 12.2 Å². The molecule has 3 N–H and O–H groups in total. The van der Waals surface area contributed by atoms with Crippen molar-refractivity contribution in [2.45, 2.75) is 342 Å². The maximum Gasteiger partial charge on any atom is 0.472 e. The predicted octanol–water partition coefficient (Wildman–Crippen LogP) is 17.8. The molecule has 0 aliphatic carbocycles. The van der Waals surface area contributed by atoms with Gasteiger partial charge in [-0.3, -0.25) is 37.3 Å². The molecule has 0 rings (SSSR count). The molecule has 0 amide bonds. The third kappa shape index (κ3) is 58.8. The summed E-state index contributed by atoms with van der Waals surface area (Å²) in [5, 5.41) is 10.5. The second-order valence-electron chi connectivity index (χ2n) is 23.6. The van der Waals surface area contributed by atoms with Crippen LogP contribution in [0, 0.1) is 5.92 Å². The van der Waals surface area contributed by atoms with Gasteiger partial charge in [-0.2, -0.15) is 0 Å². The van der Waals surface area contributed by atoms with Gasteiger partial charge in [-0.25, -0.2) is 9.13 Å². The van der Waals surface area contributed by atoms with Crippen LogP contribution in [0.5, 0.6) is 0 Å². The zero-order valence-corrected chi connectivity index (χ0v) is 55.1. The number of aliphatic hydroxyl groups excluding tert-OH is 1. The number of esters is 4. The Balaban J connectivity index is 5.11. The quantitative estimate of drug-likeness (QED) is 0.0222. The first-order valence-corrected chi connectivity index (χ1v) is 36.6. The Morgan fingerprint density at radius 1 is 0.325 bits per heavy atom. The van der Waals surface area contributed by atoms with Gasteiger partial charge in [-0.1, -0.05) is 272 Å². The van der Waals surface area contributed by atoms with Crippen molar-refractivity contribution in [1.29, 1.82) is 0 Å². The predicted molar refractivity (Wildman–Crippen MR) is 331 cm³/mol. The Morgan fingerprint density at radius 2 is 0.554 bits per heavy atom. The lowest BCUT2D eigenvalue weighted by molar-refractivity contribution is -0.161. The van der Waals surface area contributed by atoms with Crippen LogP contribution < -0.4 is 0 Å². The van der Waals surface area contributed by atoms with E-state index in [0.717, 1.165) is 121 Å². The van der Waals surface area contributed by atoms with Gasteiger partial charge in [0.25, 0.3) is 0 Å². The largest absolute Gasteiger partial charge is 0.472 e. The minimum absolute atomic E-state index is 0.103. The molecule has 5 atom stereocenters. The smallest absolute Gasteiger partial charge is 0.462 e. The molecule has 2 unspecified atom stereocenters. The fourth-order valence-electron chi connectivity index (χ4n) is 9.58. The maximum atomic E-state index is 13.0. The van der Waals surface area contributed by atoms with Gasteiger partial charge in [0.05, 0.1) is 26.4 Å². The summed E-state index contributed by atoms with van der Waals surface area (Å²) >= 11 is 0. The molecule has 0 bridgehead atoms. The summed E-state index contributed by atoms with van der Waals surface area (Å²) in [6, 6.07) is 0. The van der Waals surface area contributed by atoms with Crippen molar-refractivity contribution in [1.82, 2.24) is 0 Å². The molecule has 0 spiro atoms. The van der Waals surface area contributed by atoms with E-state index < -0.39 is 97.5 Å². The van der Waals surface area contributed by atoms with E-state index >= 15 is 0 Å². The van der Waals surface area contributed by atoms with Crippen LogP contribution >= 0.6 is 15.6 Å². The Hall–Kier alpha value is -1.94. The van der Waals surface area contributed by atoms with Crippen LogP contribution in [0.2, 0.25) is 0 Å². The third-order valence-electron chi connectivity index (χ3n) is 14.8. The highest BCUT2D eigenvalue weighted by molar-refractivity contribution is 7.47. The topological polar surface area (TPSA) is 237 Å². The lowest BCUT2D eigenvalue weighted by atomic mass is 10.0. The van der Waals surface area contributed by atoms with Gasteiger partial charge in [-0.15, -0.1) is 0 Å². The fraction of sp³-hybridized carbons (Fsp3) is 0.938. The molecule has 492 valence electrons. The van der Waals surface area contributed by atoms with Crippen LogP contribution in [0.25, 0.3) is 0 Å². The Kier molecular flexibility index (Phi) is 56.4. The van der Waals surface area contributed by atoms with Crippen LogP contribution in [-0.2, 0) is 65.4 Å². The average Bonchev–Trinajstić information content (AvgIpc) is 3.45. The molecule has 0 aromatic carbocycles. The highest BCUT2D eigenvalue weighted by Gasteiger charge is 2.30. The normalized spacial score (nSPS) is 14.2. The summed E-state index contributed by atoms with van der Waals surface area (Å²) < 4.78 is 67.8. The molecule has 0 saturated heterocycles. The molecule has 19 heteroatoms. The lowest BCUT2D eigenvalue weighted by Gasteiger charge is -2.21. The van der Waals surface area contributed by atoms with Gasteiger partial charge in [0, 0.05) is 25.7 Å². The van der Waals surface area contributed by atoms with Crippen LogP contribution in [0.1, 0.15) is 324 Å². The van der Waals surface area contributed by atoms with E-state index in [1.807, 2.05) is 0 Å². The molecule has 0 saturated carbocycles. The highest BCUT2D eigenvalue weighted by Crippen LogP contribution is 2.45. The van der Waals surface area contributed by atoms with Crippen molar-refractivity contribution in [2.24, 2.45) is 5.92 Å². The number of aliphatic hydroxyl groups is 1. The minimum Gasteiger partial charge on any atom is -0.462 e. The zero-order valence-electron chi connectivity index (χ0n) is 53.3. The molecular formula is C64H124O17P2. The molecule has 0 aromatic heterocycles. The van der Waals surface area contributed by atoms with Gasteiger partial charge in [0.1, 0.15) is 19.3 Å². The second kappa shape index (κ2) is 57.8. The van der Waals surface area contributed by atoms with Crippen molar-refractivity contribution in [3.8, 4) is 0 Å². The van der Waals surface area contributed by atoms with Gasteiger partial charge >= 0.3 is 39.5 Å². The molecule has 83 heavy (non-hydrogen) atoms. The number of carbonyl (C=O) groups excluding carboxylic acids is 4.